The quantitative estimate of drug-likeness (QED) is 0.703. The van der Waals surface area contributed by atoms with E-state index in [0.717, 1.165) is 6.42 Å². The van der Waals surface area contributed by atoms with E-state index in [-0.39, 0.29) is 6.42 Å². The van der Waals surface area contributed by atoms with Crippen molar-refractivity contribution in [2.75, 3.05) is 20.1 Å². The first-order chi connectivity index (χ1) is 6.77. The second-order valence-corrected chi connectivity index (χ2v) is 5.69. The Bertz CT molecular complexity index is 216. The Labute approximate surface area is 91.8 Å². The predicted octanol–water partition coefficient (Wildman–Crippen LogP) is 3.40. The van der Waals surface area contributed by atoms with Gasteiger partial charge >= 0.3 is 0 Å². The van der Waals surface area contributed by atoms with Crippen LogP contribution in [-0.4, -0.2) is 31.0 Å². The van der Waals surface area contributed by atoms with Gasteiger partial charge in [-0.05, 0) is 19.4 Å². The number of piperidine rings is 1. The fourth-order valence-corrected chi connectivity index (χ4v) is 2.29. The van der Waals surface area contributed by atoms with Crippen LogP contribution < -0.4 is 0 Å². The molecule has 0 radical (unpaired) electrons. The Morgan fingerprint density at radius 1 is 1.33 bits per heavy atom. The summed E-state index contributed by atoms with van der Waals surface area (Å²) in [7, 11) is 1.93. The van der Waals surface area contributed by atoms with Gasteiger partial charge in [-0.1, -0.05) is 27.2 Å². The van der Waals surface area contributed by atoms with Crippen LogP contribution in [-0.2, 0) is 0 Å². The minimum Gasteiger partial charge on any atom is -0.305 e. The van der Waals surface area contributed by atoms with Gasteiger partial charge in [0.25, 0.3) is 5.92 Å². The molecule has 3 heteroatoms. The zero-order valence-corrected chi connectivity index (χ0v) is 10.3. The normalized spacial score (nSPS) is 32.2. The van der Waals surface area contributed by atoms with Crippen molar-refractivity contribution < 1.29 is 8.78 Å². The largest absolute Gasteiger partial charge is 0.305 e. The molecule has 0 aliphatic carbocycles. The number of halogens is 2. The summed E-state index contributed by atoms with van der Waals surface area (Å²) in [6.07, 6.45) is 1.53. The molecule has 0 aromatic rings. The lowest BCUT2D eigenvalue weighted by atomic mass is 9.74. The first kappa shape index (κ1) is 12.9. The van der Waals surface area contributed by atoms with Crippen LogP contribution in [0.1, 0.15) is 40.0 Å². The molecule has 1 fully saturated rings. The minimum atomic E-state index is -2.49. The molecule has 1 aliphatic heterocycles. The van der Waals surface area contributed by atoms with E-state index in [1.54, 1.807) is 6.92 Å². The van der Waals surface area contributed by atoms with Crippen molar-refractivity contribution >= 4 is 0 Å². The van der Waals surface area contributed by atoms with Crippen molar-refractivity contribution in [3.05, 3.63) is 0 Å². The molecule has 1 atom stereocenters. The molecule has 0 bridgehead atoms. The number of alkyl halides is 2. The van der Waals surface area contributed by atoms with Crippen LogP contribution in [0.2, 0.25) is 0 Å². The van der Waals surface area contributed by atoms with Crippen molar-refractivity contribution in [2.45, 2.75) is 46.0 Å². The predicted molar refractivity (Wildman–Crippen MR) is 59.2 cm³/mol. The van der Waals surface area contributed by atoms with E-state index in [0.29, 0.717) is 25.4 Å². The number of hydrogen-bond acceptors (Lipinski definition) is 1. The Hall–Kier alpha value is -0.180. The molecule has 0 N–H and O–H groups in total. The molecule has 0 amide bonds. The summed E-state index contributed by atoms with van der Waals surface area (Å²) in [6.45, 7) is 6.96. The van der Waals surface area contributed by atoms with Crippen molar-refractivity contribution in [3.8, 4) is 0 Å². The van der Waals surface area contributed by atoms with Crippen LogP contribution in [0.25, 0.3) is 0 Å². The number of rotatable bonds is 3. The van der Waals surface area contributed by atoms with Gasteiger partial charge in [0.05, 0.1) is 0 Å². The molecule has 0 aromatic heterocycles. The summed E-state index contributed by atoms with van der Waals surface area (Å²) in [5.41, 5.74) is -0.829. The third-order valence-corrected chi connectivity index (χ3v) is 3.58. The standard InChI is InChI=1S/C12H23F2N/c1-10(2)5-6-11(3)9-15(4)8-7-12(11,13)14/h10H,5-9H2,1-4H3/t11-/m1/s1. The summed E-state index contributed by atoms with van der Waals surface area (Å²) in [5, 5.41) is 0. The molecule has 0 spiro atoms. The maximum Gasteiger partial charge on any atom is 0.255 e. The Balaban J connectivity index is 2.67. The Morgan fingerprint density at radius 2 is 1.93 bits per heavy atom. The highest BCUT2D eigenvalue weighted by Gasteiger charge is 2.52. The van der Waals surface area contributed by atoms with Crippen LogP contribution >= 0.6 is 0 Å². The summed E-state index contributed by atoms with van der Waals surface area (Å²) in [5.74, 6) is -1.99. The van der Waals surface area contributed by atoms with Crippen molar-refractivity contribution in [1.29, 1.82) is 0 Å². The molecular weight excluding hydrogens is 196 g/mol. The van der Waals surface area contributed by atoms with Crippen LogP contribution in [0.5, 0.6) is 0 Å². The third kappa shape index (κ3) is 2.90. The Kier molecular flexibility index (Phi) is 3.75. The fourth-order valence-electron chi connectivity index (χ4n) is 2.29. The van der Waals surface area contributed by atoms with E-state index in [9.17, 15) is 8.78 Å². The first-order valence-corrected chi connectivity index (χ1v) is 5.83. The van der Waals surface area contributed by atoms with E-state index < -0.39 is 11.3 Å². The smallest absolute Gasteiger partial charge is 0.255 e. The zero-order valence-electron chi connectivity index (χ0n) is 10.3. The molecule has 90 valence electrons. The highest BCUT2D eigenvalue weighted by Crippen LogP contribution is 2.46. The summed E-state index contributed by atoms with van der Waals surface area (Å²) in [4.78, 5) is 2.03. The molecule has 1 aliphatic rings. The maximum absolute atomic E-state index is 13.9. The molecule has 0 aromatic carbocycles. The van der Waals surface area contributed by atoms with Crippen LogP contribution in [0.3, 0.4) is 0 Å². The van der Waals surface area contributed by atoms with Gasteiger partial charge in [-0.15, -0.1) is 0 Å². The third-order valence-electron chi connectivity index (χ3n) is 3.58. The summed E-state index contributed by atoms with van der Waals surface area (Å²) >= 11 is 0. The molecule has 1 rings (SSSR count). The summed E-state index contributed by atoms with van der Waals surface area (Å²) < 4.78 is 27.7. The lowest BCUT2D eigenvalue weighted by molar-refractivity contribution is -0.160. The monoisotopic (exact) mass is 219 g/mol. The van der Waals surface area contributed by atoms with Crippen LogP contribution in [0.4, 0.5) is 8.78 Å². The topological polar surface area (TPSA) is 3.24 Å². The minimum absolute atomic E-state index is 0.0120. The van der Waals surface area contributed by atoms with E-state index in [1.165, 1.54) is 0 Å². The van der Waals surface area contributed by atoms with Gasteiger partial charge in [-0.25, -0.2) is 8.78 Å². The van der Waals surface area contributed by atoms with Gasteiger partial charge < -0.3 is 4.90 Å². The van der Waals surface area contributed by atoms with Gasteiger partial charge in [-0.3, -0.25) is 0 Å². The van der Waals surface area contributed by atoms with Gasteiger partial charge in [0.15, 0.2) is 0 Å². The second kappa shape index (κ2) is 4.36. The van der Waals surface area contributed by atoms with Crippen LogP contribution in [0.15, 0.2) is 0 Å². The SMILES string of the molecule is CC(C)CC[C@]1(C)CN(C)CCC1(F)F. The van der Waals surface area contributed by atoms with Gasteiger partial charge in [0, 0.05) is 24.9 Å². The van der Waals surface area contributed by atoms with E-state index in [4.69, 9.17) is 0 Å². The van der Waals surface area contributed by atoms with Gasteiger partial charge in [-0.2, -0.15) is 0 Å². The van der Waals surface area contributed by atoms with Gasteiger partial charge in [0.1, 0.15) is 0 Å². The van der Waals surface area contributed by atoms with Gasteiger partial charge in [0.2, 0.25) is 0 Å². The molecule has 1 saturated heterocycles. The highest BCUT2D eigenvalue weighted by atomic mass is 19.3. The molecular formula is C12H23F2N. The van der Waals surface area contributed by atoms with E-state index >= 15 is 0 Å². The maximum atomic E-state index is 13.9. The zero-order chi connectivity index (χ0) is 11.7. The number of nitrogens with zero attached hydrogens (tertiary/aromatic N) is 1. The average Bonchev–Trinajstić information content (AvgIpc) is 2.10. The highest BCUT2D eigenvalue weighted by molar-refractivity contribution is 4.95. The fraction of sp³-hybridized carbons (Fsp3) is 1.00. The number of likely N-dealkylation sites (tertiary alicyclic amines) is 1. The number of hydrogen-bond donors (Lipinski definition) is 0. The molecule has 0 unspecified atom stereocenters. The van der Waals surface area contributed by atoms with Crippen molar-refractivity contribution in [3.63, 3.8) is 0 Å². The lowest BCUT2D eigenvalue weighted by Crippen LogP contribution is -2.53. The van der Waals surface area contributed by atoms with E-state index in [2.05, 4.69) is 13.8 Å². The van der Waals surface area contributed by atoms with Crippen molar-refractivity contribution in [1.82, 2.24) is 4.90 Å². The summed E-state index contributed by atoms with van der Waals surface area (Å²) in [6, 6.07) is 0. The first-order valence-electron chi connectivity index (χ1n) is 5.83. The molecule has 1 nitrogen and oxygen atoms in total. The van der Waals surface area contributed by atoms with Crippen LogP contribution in [0, 0.1) is 11.3 Å². The lowest BCUT2D eigenvalue weighted by Gasteiger charge is -2.45. The molecule has 15 heavy (non-hydrogen) atoms. The van der Waals surface area contributed by atoms with Crippen molar-refractivity contribution in [2.24, 2.45) is 11.3 Å². The molecule has 0 saturated carbocycles. The molecule has 1 heterocycles. The average molecular weight is 219 g/mol. The Morgan fingerprint density at radius 3 is 2.47 bits per heavy atom. The van der Waals surface area contributed by atoms with E-state index in [1.807, 2.05) is 11.9 Å². The second-order valence-electron chi connectivity index (χ2n) is 5.69.